The first kappa shape index (κ1) is 19.5. The summed E-state index contributed by atoms with van der Waals surface area (Å²) in [7, 11) is -3.41. The standard InChI is InChI=1S/C19H19NO5S/c1-3-8-26(23,24)15-6-4-13(2)16(10-15)17-9-14(11-20)5-7-18(17)25-12-19(21)22/h4-7,9-10H,3,8,12H2,1-2H3,(H,21,22). The van der Waals surface area contributed by atoms with Crippen molar-refractivity contribution in [1.29, 1.82) is 5.26 Å². The lowest BCUT2D eigenvalue weighted by Crippen LogP contribution is -2.10. The van der Waals surface area contributed by atoms with Gasteiger partial charge in [-0.3, -0.25) is 0 Å². The Balaban J connectivity index is 2.62. The van der Waals surface area contributed by atoms with E-state index in [0.29, 0.717) is 23.1 Å². The highest BCUT2D eigenvalue weighted by Crippen LogP contribution is 2.35. The summed E-state index contributed by atoms with van der Waals surface area (Å²) < 4.78 is 30.1. The smallest absolute Gasteiger partial charge is 0.341 e. The second-order valence-corrected chi connectivity index (χ2v) is 7.91. The number of sulfone groups is 1. The Morgan fingerprint density at radius 2 is 1.92 bits per heavy atom. The first-order valence-corrected chi connectivity index (χ1v) is 9.66. The number of nitrogens with zero attached hydrogens (tertiary/aromatic N) is 1. The van der Waals surface area contributed by atoms with Crippen molar-refractivity contribution in [2.75, 3.05) is 12.4 Å². The van der Waals surface area contributed by atoms with Crippen molar-refractivity contribution < 1.29 is 23.1 Å². The van der Waals surface area contributed by atoms with E-state index >= 15 is 0 Å². The number of aryl methyl sites for hydroxylation is 1. The maximum absolute atomic E-state index is 12.4. The van der Waals surface area contributed by atoms with Crippen molar-refractivity contribution in [3.63, 3.8) is 0 Å². The number of carboxylic acid groups (broad SMARTS) is 1. The number of ether oxygens (including phenoxy) is 1. The van der Waals surface area contributed by atoms with Crippen LogP contribution in [0.15, 0.2) is 41.3 Å². The lowest BCUT2D eigenvalue weighted by Gasteiger charge is -2.14. The first-order chi connectivity index (χ1) is 12.3. The summed E-state index contributed by atoms with van der Waals surface area (Å²) in [5, 5.41) is 18.0. The molecule has 0 fully saturated rings. The van der Waals surface area contributed by atoms with Gasteiger partial charge in [0.05, 0.1) is 22.3 Å². The highest BCUT2D eigenvalue weighted by Gasteiger charge is 2.17. The predicted octanol–water partition coefficient (Wildman–Crippen LogP) is 3.18. The van der Waals surface area contributed by atoms with Crippen LogP contribution in [-0.4, -0.2) is 31.9 Å². The Kier molecular flexibility index (Phi) is 6.01. The van der Waals surface area contributed by atoms with Gasteiger partial charge in [0.1, 0.15) is 5.75 Å². The molecule has 0 aliphatic rings. The number of hydrogen-bond donors (Lipinski definition) is 1. The van der Waals surface area contributed by atoms with E-state index < -0.39 is 22.4 Å². The van der Waals surface area contributed by atoms with Gasteiger partial charge in [-0.1, -0.05) is 13.0 Å². The molecule has 0 saturated heterocycles. The van der Waals surface area contributed by atoms with Crippen LogP contribution in [0.5, 0.6) is 5.75 Å². The average Bonchev–Trinajstić information content (AvgIpc) is 2.60. The molecule has 6 nitrogen and oxygen atoms in total. The van der Waals surface area contributed by atoms with Crippen LogP contribution in [0.1, 0.15) is 24.5 Å². The molecule has 0 atom stereocenters. The Hall–Kier alpha value is -2.85. The van der Waals surface area contributed by atoms with Gasteiger partial charge < -0.3 is 9.84 Å². The van der Waals surface area contributed by atoms with E-state index in [0.717, 1.165) is 5.56 Å². The molecule has 26 heavy (non-hydrogen) atoms. The van der Waals surface area contributed by atoms with Gasteiger partial charge in [0.25, 0.3) is 0 Å². The van der Waals surface area contributed by atoms with Gasteiger partial charge in [-0.25, -0.2) is 13.2 Å². The lowest BCUT2D eigenvalue weighted by molar-refractivity contribution is -0.139. The molecule has 0 bridgehead atoms. The van der Waals surface area contributed by atoms with Gasteiger partial charge in [0.15, 0.2) is 16.4 Å². The minimum absolute atomic E-state index is 0.0378. The number of carboxylic acids is 1. The second-order valence-electron chi connectivity index (χ2n) is 5.80. The van der Waals surface area contributed by atoms with Gasteiger partial charge in [-0.15, -0.1) is 0 Å². The van der Waals surface area contributed by atoms with E-state index in [2.05, 4.69) is 0 Å². The number of carbonyl (C=O) groups is 1. The molecule has 2 rings (SSSR count). The summed E-state index contributed by atoms with van der Waals surface area (Å²) in [4.78, 5) is 11.0. The molecular weight excluding hydrogens is 354 g/mol. The van der Waals surface area contributed by atoms with Gasteiger partial charge in [-0.05, 0) is 54.8 Å². The summed E-state index contributed by atoms with van der Waals surface area (Å²) in [6.07, 6.45) is 0.502. The topological polar surface area (TPSA) is 104 Å². The molecule has 2 aromatic rings. The number of rotatable bonds is 7. The summed E-state index contributed by atoms with van der Waals surface area (Å²) >= 11 is 0. The zero-order valence-corrected chi connectivity index (χ0v) is 15.3. The number of aliphatic carboxylic acids is 1. The minimum Gasteiger partial charge on any atom is -0.481 e. The van der Waals surface area contributed by atoms with E-state index in [1.54, 1.807) is 31.2 Å². The monoisotopic (exact) mass is 373 g/mol. The SMILES string of the molecule is CCCS(=O)(=O)c1ccc(C)c(-c2cc(C#N)ccc2OCC(=O)O)c1. The van der Waals surface area contributed by atoms with Crippen LogP contribution >= 0.6 is 0 Å². The summed E-state index contributed by atoms with van der Waals surface area (Å²) in [6, 6.07) is 11.4. The Morgan fingerprint density at radius 3 is 2.54 bits per heavy atom. The molecule has 0 radical (unpaired) electrons. The fraction of sp³-hybridized carbons (Fsp3) is 0.263. The maximum atomic E-state index is 12.4. The zero-order chi connectivity index (χ0) is 19.3. The molecule has 0 aliphatic heterocycles. The highest BCUT2D eigenvalue weighted by molar-refractivity contribution is 7.91. The van der Waals surface area contributed by atoms with E-state index in [4.69, 9.17) is 15.1 Å². The normalized spacial score (nSPS) is 11.0. The minimum atomic E-state index is -3.41. The van der Waals surface area contributed by atoms with Gasteiger partial charge in [0.2, 0.25) is 0 Å². The van der Waals surface area contributed by atoms with Crippen molar-refractivity contribution in [3.05, 3.63) is 47.5 Å². The van der Waals surface area contributed by atoms with Gasteiger partial charge in [-0.2, -0.15) is 5.26 Å². The average molecular weight is 373 g/mol. The summed E-state index contributed by atoms with van der Waals surface area (Å²) in [6.45, 7) is 3.07. The molecule has 0 aliphatic carbocycles. The largest absolute Gasteiger partial charge is 0.481 e. The molecule has 2 aromatic carbocycles. The number of hydrogen-bond acceptors (Lipinski definition) is 5. The van der Waals surface area contributed by atoms with Crippen molar-refractivity contribution in [2.45, 2.75) is 25.2 Å². The third kappa shape index (κ3) is 4.41. The summed E-state index contributed by atoms with van der Waals surface area (Å²) in [5.41, 5.74) is 2.22. The Labute approximate surface area is 152 Å². The molecule has 7 heteroatoms. The van der Waals surface area contributed by atoms with Gasteiger partial charge in [0, 0.05) is 5.56 Å². The molecular formula is C19H19NO5S. The third-order valence-corrected chi connectivity index (χ3v) is 5.71. The van der Waals surface area contributed by atoms with Gasteiger partial charge >= 0.3 is 5.97 Å². The quantitative estimate of drug-likeness (QED) is 0.799. The second kappa shape index (κ2) is 8.02. The van der Waals surface area contributed by atoms with E-state index in [1.807, 2.05) is 13.0 Å². The van der Waals surface area contributed by atoms with E-state index in [9.17, 15) is 13.2 Å². The molecule has 0 unspecified atom stereocenters. The Morgan fingerprint density at radius 1 is 1.19 bits per heavy atom. The van der Waals surface area contributed by atoms with Crippen LogP contribution in [0.4, 0.5) is 0 Å². The predicted molar refractivity (Wildman–Crippen MR) is 96.8 cm³/mol. The van der Waals surface area contributed by atoms with Crippen LogP contribution in [0.25, 0.3) is 11.1 Å². The van der Waals surface area contributed by atoms with Crippen LogP contribution < -0.4 is 4.74 Å². The summed E-state index contributed by atoms with van der Waals surface area (Å²) in [5.74, 6) is -0.813. The molecule has 0 amide bonds. The number of benzene rings is 2. The molecule has 136 valence electrons. The fourth-order valence-electron chi connectivity index (χ4n) is 2.55. The molecule has 0 heterocycles. The van der Waals surface area contributed by atoms with Crippen molar-refractivity contribution >= 4 is 15.8 Å². The maximum Gasteiger partial charge on any atom is 0.341 e. The lowest BCUT2D eigenvalue weighted by atomic mass is 9.98. The van der Waals surface area contributed by atoms with Crippen molar-refractivity contribution in [3.8, 4) is 22.9 Å². The first-order valence-electron chi connectivity index (χ1n) is 8.01. The Bertz CT molecular complexity index is 974. The molecule has 1 N–H and O–H groups in total. The molecule has 0 spiro atoms. The van der Waals surface area contributed by atoms with E-state index in [-0.39, 0.29) is 16.4 Å². The molecule has 0 saturated carbocycles. The third-order valence-electron chi connectivity index (χ3n) is 3.79. The number of nitriles is 1. The van der Waals surface area contributed by atoms with Crippen molar-refractivity contribution in [2.24, 2.45) is 0 Å². The van der Waals surface area contributed by atoms with Crippen LogP contribution in [0.3, 0.4) is 0 Å². The van der Waals surface area contributed by atoms with E-state index in [1.165, 1.54) is 12.1 Å². The van der Waals surface area contributed by atoms with Crippen molar-refractivity contribution in [1.82, 2.24) is 0 Å². The highest BCUT2D eigenvalue weighted by atomic mass is 32.2. The zero-order valence-electron chi connectivity index (χ0n) is 14.5. The van der Waals surface area contributed by atoms with Crippen LogP contribution in [0.2, 0.25) is 0 Å². The molecule has 0 aromatic heterocycles. The van der Waals surface area contributed by atoms with Crippen LogP contribution in [-0.2, 0) is 14.6 Å². The fourth-order valence-corrected chi connectivity index (χ4v) is 3.89. The van der Waals surface area contributed by atoms with Crippen LogP contribution in [0, 0.1) is 18.3 Å².